The van der Waals surface area contributed by atoms with Gasteiger partial charge in [0.15, 0.2) is 0 Å². The molecule has 0 aliphatic carbocycles. The molecule has 1 fully saturated rings. The van der Waals surface area contributed by atoms with Crippen molar-refractivity contribution in [1.29, 1.82) is 0 Å². The fourth-order valence-corrected chi connectivity index (χ4v) is 4.82. The van der Waals surface area contributed by atoms with Gasteiger partial charge in [-0.25, -0.2) is 9.97 Å². The number of fused-ring (bicyclic) bond motifs is 1. The highest BCUT2D eigenvalue weighted by Crippen LogP contribution is 2.42. The van der Waals surface area contributed by atoms with Crippen LogP contribution in [0.25, 0.3) is 22.2 Å². The maximum atomic E-state index is 6.49. The maximum absolute atomic E-state index is 6.49. The number of nitrogens with one attached hydrogen (secondary N) is 2. The lowest BCUT2D eigenvalue weighted by molar-refractivity contribution is 0.415. The van der Waals surface area contributed by atoms with Crippen LogP contribution in [0.1, 0.15) is 20.3 Å². The van der Waals surface area contributed by atoms with E-state index >= 15 is 0 Å². The molecule has 176 valence electrons. The Labute approximate surface area is 203 Å². The molecule has 1 aliphatic rings. The fraction of sp³-hybridized carbons (Fsp3) is 0.280. The first kappa shape index (κ1) is 22.3. The third-order valence-electron chi connectivity index (χ3n) is 6.74. The van der Waals surface area contributed by atoms with Crippen molar-refractivity contribution in [2.75, 3.05) is 29.6 Å². The third-order valence-corrected chi connectivity index (χ3v) is 7.02. The number of hydrogen-bond acceptors (Lipinski definition) is 7. The Morgan fingerprint density at radius 2 is 2.06 bits per heavy atom. The zero-order valence-electron chi connectivity index (χ0n) is 19.4. The van der Waals surface area contributed by atoms with Gasteiger partial charge in [-0.3, -0.25) is 0 Å². The van der Waals surface area contributed by atoms with Gasteiger partial charge in [-0.1, -0.05) is 29.8 Å². The van der Waals surface area contributed by atoms with Crippen LogP contribution >= 0.6 is 11.6 Å². The molecular formula is C25H28ClN7O. The first-order chi connectivity index (χ1) is 16.3. The van der Waals surface area contributed by atoms with E-state index in [1.807, 2.05) is 42.6 Å². The van der Waals surface area contributed by atoms with Crippen LogP contribution in [0, 0.1) is 0 Å². The molecule has 34 heavy (non-hydrogen) atoms. The van der Waals surface area contributed by atoms with Crippen LogP contribution in [0.4, 0.5) is 23.0 Å². The fourth-order valence-electron chi connectivity index (χ4n) is 4.63. The minimum atomic E-state index is -0.207. The van der Waals surface area contributed by atoms with Gasteiger partial charge in [0.05, 0.1) is 41.1 Å². The number of hydrogen-bond donors (Lipinski definition) is 4. The second-order valence-corrected chi connectivity index (χ2v) is 9.48. The van der Waals surface area contributed by atoms with E-state index < -0.39 is 0 Å². The SMILES string of the molecule is COc1cc(N2CC[C@@H](N)C2(C)C)c(N)cc1Nc1ncc(Cl)c(-c2c[nH]c3ccccc23)n1. The van der Waals surface area contributed by atoms with Crippen LogP contribution in [0.15, 0.2) is 48.8 Å². The van der Waals surface area contributed by atoms with Gasteiger partial charge in [-0.15, -0.1) is 0 Å². The van der Waals surface area contributed by atoms with Gasteiger partial charge >= 0.3 is 0 Å². The van der Waals surface area contributed by atoms with Crippen LogP contribution in [0.3, 0.4) is 0 Å². The van der Waals surface area contributed by atoms with Crippen molar-refractivity contribution in [2.24, 2.45) is 5.73 Å². The van der Waals surface area contributed by atoms with Crippen molar-refractivity contribution < 1.29 is 4.74 Å². The Morgan fingerprint density at radius 1 is 1.26 bits per heavy atom. The Kier molecular flexibility index (Phi) is 5.50. The van der Waals surface area contributed by atoms with Gasteiger partial charge in [-0.2, -0.15) is 0 Å². The summed E-state index contributed by atoms with van der Waals surface area (Å²) in [5, 5.41) is 4.75. The first-order valence-electron chi connectivity index (χ1n) is 11.2. The number of ether oxygens (including phenoxy) is 1. The summed E-state index contributed by atoms with van der Waals surface area (Å²) in [4.78, 5) is 14.6. The van der Waals surface area contributed by atoms with Crippen molar-refractivity contribution in [2.45, 2.75) is 31.8 Å². The van der Waals surface area contributed by atoms with Gasteiger partial charge < -0.3 is 31.4 Å². The molecule has 0 radical (unpaired) electrons. The van der Waals surface area contributed by atoms with Crippen molar-refractivity contribution in [1.82, 2.24) is 15.0 Å². The molecule has 3 heterocycles. The molecule has 4 aromatic rings. The van der Waals surface area contributed by atoms with Crippen molar-refractivity contribution in [3.8, 4) is 17.0 Å². The van der Waals surface area contributed by atoms with Crippen LogP contribution in [-0.4, -0.2) is 40.2 Å². The van der Waals surface area contributed by atoms with Crippen molar-refractivity contribution >= 4 is 45.5 Å². The molecule has 6 N–H and O–H groups in total. The van der Waals surface area contributed by atoms with E-state index in [9.17, 15) is 0 Å². The van der Waals surface area contributed by atoms with Gasteiger partial charge in [0, 0.05) is 46.9 Å². The number of methoxy groups -OCH3 is 1. The highest BCUT2D eigenvalue weighted by molar-refractivity contribution is 6.33. The molecule has 1 aliphatic heterocycles. The summed E-state index contributed by atoms with van der Waals surface area (Å²) >= 11 is 6.48. The van der Waals surface area contributed by atoms with Gasteiger partial charge in [0.2, 0.25) is 5.95 Å². The molecular weight excluding hydrogens is 450 g/mol. The number of nitrogen functional groups attached to an aromatic ring is 1. The molecule has 0 unspecified atom stereocenters. The predicted molar refractivity (Wildman–Crippen MR) is 139 cm³/mol. The first-order valence-corrected chi connectivity index (χ1v) is 11.5. The number of para-hydroxylation sites is 1. The molecule has 5 rings (SSSR count). The summed E-state index contributed by atoms with van der Waals surface area (Å²) in [5.41, 5.74) is 17.4. The summed E-state index contributed by atoms with van der Waals surface area (Å²) in [7, 11) is 1.63. The van der Waals surface area contributed by atoms with E-state index in [0.717, 1.165) is 35.1 Å². The van der Waals surface area contributed by atoms with E-state index in [4.69, 9.17) is 32.8 Å². The maximum Gasteiger partial charge on any atom is 0.227 e. The Hall–Kier alpha value is -3.49. The number of benzene rings is 2. The molecule has 0 saturated carbocycles. The van der Waals surface area contributed by atoms with E-state index in [-0.39, 0.29) is 11.6 Å². The Balaban J connectivity index is 1.50. The zero-order valence-corrected chi connectivity index (χ0v) is 20.1. The predicted octanol–water partition coefficient (Wildman–Crippen LogP) is 4.93. The van der Waals surface area contributed by atoms with Crippen LogP contribution in [0.5, 0.6) is 5.75 Å². The number of nitrogens with two attached hydrogens (primary N) is 2. The standard InChI is InChI=1S/C25H28ClN7O/c1-25(2)22(28)8-9-33(25)20-11-21(34-3)19(10-17(20)27)31-24-30-13-16(26)23(32-24)15-12-29-18-7-5-4-6-14(15)18/h4-7,10-13,22,29H,8-9,27-28H2,1-3H3,(H,30,31,32)/t22-/m1/s1. The van der Waals surface area contributed by atoms with Crippen LogP contribution < -0.4 is 26.4 Å². The second-order valence-electron chi connectivity index (χ2n) is 9.07. The van der Waals surface area contributed by atoms with E-state index in [1.165, 1.54) is 0 Å². The molecule has 1 atom stereocenters. The number of halogens is 1. The molecule has 9 heteroatoms. The molecule has 8 nitrogen and oxygen atoms in total. The topological polar surface area (TPSA) is 118 Å². The number of anilines is 4. The smallest absolute Gasteiger partial charge is 0.227 e. The van der Waals surface area contributed by atoms with E-state index in [2.05, 4.69) is 34.0 Å². The van der Waals surface area contributed by atoms with Gasteiger partial charge in [0.1, 0.15) is 5.75 Å². The lowest BCUT2D eigenvalue weighted by Gasteiger charge is -2.37. The highest BCUT2D eigenvalue weighted by Gasteiger charge is 2.40. The minimum Gasteiger partial charge on any atom is -0.494 e. The van der Waals surface area contributed by atoms with Gasteiger partial charge in [-0.05, 0) is 32.4 Å². The number of nitrogens with zero attached hydrogens (tertiary/aromatic N) is 3. The van der Waals surface area contributed by atoms with E-state index in [1.54, 1.807) is 13.3 Å². The Bertz CT molecular complexity index is 1370. The summed E-state index contributed by atoms with van der Waals surface area (Å²) in [5.74, 6) is 1.02. The highest BCUT2D eigenvalue weighted by atomic mass is 35.5. The third kappa shape index (κ3) is 3.69. The monoisotopic (exact) mass is 477 g/mol. The van der Waals surface area contributed by atoms with Crippen LogP contribution in [-0.2, 0) is 0 Å². The number of H-pyrrole nitrogens is 1. The number of aromatic amines is 1. The summed E-state index contributed by atoms with van der Waals surface area (Å²) in [6.07, 6.45) is 4.40. The normalized spacial score (nSPS) is 17.3. The number of aromatic nitrogens is 3. The van der Waals surface area contributed by atoms with Crippen LogP contribution in [0.2, 0.25) is 5.02 Å². The Morgan fingerprint density at radius 3 is 2.79 bits per heavy atom. The molecule has 0 amide bonds. The summed E-state index contributed by atoms with van der Waals surface area (Å²) < 4.78 is 5.69. The molecule has 2 aromatic heterocycles. The summed E-state index contributed by atoms with van der Waals surface area (Å²) in [6, 6.07) is 11.9. The summed E-state index contributed by atoms with van der Waals surface area (Å²) in [6.45, 7) is 5.11. The largest absolute Gasteiger partial charge is 0.494 e. The molecule has 0 bridgehead atoms. The number of rotatable bonds is 5. The average molecular weight is 478 g/mol. The molecule has 1 saturated heterocycles. The van der Waals surface area contributed by atoms with E-state index in [0.29, 0.717) is 33.8 Å². The van der Waals surface area contributed by atoms with Crippen molar-refractivity contribution in [3.63, 3.8) is 0 Å². The molecule has 0 spiro atoms. The van der Waals surface area contributed by atoms with Gasteiger partial charge in [0.25, 0.3) is 0 Å². The second kappa shape index (κ2) is 8.38. The minimum absolute atomic E-state index is 0.0705. The van der Waals surface area contributed by atoms with Crippen molar-refractivity contribution in [3.05, 3.63) is 53.8 Å². The quantitative estimate of drug-likeness (QED) is 0.301. The lowest BCUT2D eigenvalue weighted by Crippen LogP contribution is -2.49. The lowest BCUT2D eigenvalue weighted by atomic mass is 9.96. The zero-order chi connectivity index (χ0) is 24.0. The average Bonchev–Trinajstić information content (AvgIpc) is 3.36. The molecule has 2 aromatic carbocycles.